The molecule has 7 heteroatoms. The first-order valence-electron chi connectivity index (χ1n) is 10.3. The Morgan fingerprint density at radius 3 is 2.62 bits per heavy atom. The lowest BCUT2D eigenvalue weighted by atomic mass is 9.98. The summed E-state index contributed by atoms with van der Waals surface area (Å²) in [6.07, 6.45) is 1.08. The largest absolute Gasteiger partial charge is 0.436 e. The molecule has 0 saturated carbocycles. The highest BCUT2D eigenvalue weighted by Crippen LogP contribution is 2.28. The Morgan fingerprint density at radius 1 is 1.12 bits per heavy atom. The summed E-state index contributed by atoms with van der Waals surface area (Å²) < 4.78 is 5.93. The standard InChI is InChI=1S/C25H22ClN3O2S/c1-3-15(2)17-9-12-22-21(14-17)28-24(31-22)16-7-10-20(11-8-16)27-25(32)29-23(30)18-5-4-6-19(26)13-18/h4-15H,3H2,1-2H3,(H2,27,29,30,32)/t15-/m0/s1. The van der Waals surface area contributed by atoms with E-state index in [-0.39, 0.29) is 11.0 Å². The topological polar surface area (TPSA) is 67.2 Å². The Bertz CT molecular complexity index is 1280. The first-order valence-corrected chi connectivity index (χ1v) is 11.1. The zero-order chi connectivity index (χ0) is 22.7. The first-order chi connectivity index (χ1) is 15.4. The minimum atomic E-state index is -0.329. The maximum Gasteiger partial charge on any atom is 0.257 e. The molecular formula is C25H22ClN3O2S. The molecule has 2 N–H and O–H groups in total. The first kappa shape index (κ1) is 22.0. The molecule has 0 aliphatic rings. The van der Waals surface area contributed by atoms with E-state index in [0.29, 0.717) is 22.4 Å². The molecule has 0 aliphatic carbocycles. The molecule has 1 aromatic heterocycles. The molecule has 0 saturated heterocycles. The number of hydrogen-bond donors (Lipinski definition) is 2. The normalized spacial score (nSPS) is 11.8. The van der Waals surface area contributed by atoms with Gasteiger partial charge in [-0.25, -0.2) is 4.98 Å². The van der Waals surface area contributed by atoms with Crippen LogP contribution >= 0.6 is 23.8 Å². The number of benzene rings is 3. The van der Waals surface area contributed by atoms with Crippen LogP contribution in [0.15, 0.2) is 71.1 Å². The van der Waals surface area contributed by atoms with E-state index < -0.39 is 0 Å². The minimum Gasteiger partial charge on any atom is -0.436 e. The summed E-state index contributed by atoms with van der Waals surface area (Å²) in [6.45, 7) is 4.38. The van der Waals surface area contributed by atoms with Gasteiger partial charge in [0.1, 0.15) is 5.52 Å². The van der Waals surface area contributed by atoms with E-state index in [1.54, 1.807) is 24.3 Å². The highest BCUT2D eigenvalue weighted by Gasteiger charge is 2.12. The van der Waals surface area contributed by atoms with Gasteiger partial charge >= 0.3 is 0 Å². The van der Waals surface area contributed by atoms with Crippen LogP contribution in [0.1, 0.15) is 42.1 Å². The second-order valence-corrected chi connectivity index (χ2v) is 8.40. The summed E-state index contributed by atoms with van der Waals surface area (Å²) >= 11 is 11.2. The molecule has 3 aromatic carbocycles. The van der Waals surface area contributed by atoms with Crippen LogP contribution < -0.4 is 10.6 Å². The van der Waals surface area contributed by atoms with E-state index in [2.05, 4.69) is 41.6 Å². The average molecular weight is 464 g/mol. The van der Waals surface area contributed by atoms with Crippen LogP contribution in [-0.2, 0) is 0 Å². The minimum absolute atomic E-state index is 0.196. The third kappa shape index (κ3) is 4.98. The number of nitrogens with one attached hydrogen (secondary N) is 2. The van der Waals surface area contributed by atoms with Gasteiger partial charge in [0, 0.05) is 21.8 Å². The Hall–Kier alpha value is -3.22. The molecule has 32 heavy (non-hydrogen) atoms. The predicted octanol–water partition coefficient (Wildman–Crippen LogP) is 6.79. The fourth-order valence-electron chi connectivity index (χ4n) is 3.27. The molecule has 0 aliphatic heterocycles. The number of carbonyl (C=O) groups is 1. The number of hydrogen-bond acceptors (Lipinski definition) is 4. The van der Waals surface area contributed by atoms with Gasteiger partial charge in [-0.15, -0.1) is 0 Å². The number of aromatic nitrogens is 1. The van der Waals surface area contributed by atoms with E-state index in [1.807, 2.05) is 30.3 Å². The number of carbonyl (C=O) groups excluding carboxylic acids is 1. The lowest BCUT2D eigenvalue weighted by Gasteiger charge is -2.10. The van der Waals surface area contributed by atoms with Gasteiger partial charge in [0.2, 0.25) is 5.89 Å². The molecule has 1 atom stereocenters. The third-order valence-corrected chi connectivity index (χ3v) is 5.74. The number of rotatable bonds is 5. The van der Waals surface area contributed by atoms with Crippen LogP contribution in [0.25, 0.3) is 22.6 Å². The quantitative estimate of drug-likeness (QED) is 0.319. The zero-order valence-corrected chi connectivity index (χ0v) is 19.3. The smallest absolute Gasteiger partial charge is 0.257 e. The van der Waals surface area contributed by atoms with Crippen molar-refractivity contribution in [2.75, 3.05) is 5.32 Å². The monoisotopic (exact) mass is 463 g/mol. The van der Waals surface area contributed by atoms with Crippen molar-refractivity contribution in [2.24, 2.45) is 0 Å². The molecule has 1 heterocycles. The number of amides is 1. The van der Waals surface area contributed by atoms with Crippen LogP contribution in [0.4, 0.5) is 5.69 Å². The van der Waals surface area contributed by atoms with Crippen molar-refractivity contribution in [2.45, 2.75) is 26.2 Å². The van der Waals surface area contributed by atoms with Gasteiger partial charge in [-0.05, 0) is 84.7 Å². The second kappa shape index (κ2) is 9.51. The summed E-state index contributed by atoms with van der Waals surface area (Å²) in [7, 11) is 0. The number of halogens is 1. The van der Waals surface area contributed by atoms with Crippen molar-refractivity contribution in [1.29, 1.82) is 0 Å². The van der Waals surface area contributed by atoms with Crippen molar-refractivity contribution in [3.8, 4) is 11.5 Å². The SMILES string of the molecule is CC[C@H](C)c1ccc2oc(-c3ccc(NC(=S)NC(=O)c4cccc(Cl)c4)cc3)nc2c1. The molecule has 4 aromatic rings. The number of oxazole rings is 1. The summed E-state index contributed by atoms with van der Waals surface area (Å²) in [5, 5.41) is 6.34. The zero-order valence-electron chi connectivity index (χ0n) is 17.7. The van der Waals surface area contributed by atoms with Crippen LogP contribution in [0.3, 0.4) is 0 Å². The van der Waals surface area contributed by atoms with Crippen molar-refractivity contribution in [3.05, 3.63) is 82.9 Å². The van der Waals surface area contributed by atoms with Crippen LogP contribution in [0.2, 0.25) is 5.02 Å². The van der Waals surface area contributed by atoms with Gasteiger partial charge < -0.3 is 9.73 Å². The molecule has 0 unspecified atom stereocenters. The fraction of sp³-hybridized carbons (Fsp3) is 0.160. The van der Waals surface area contributed by atoms with Crippen molar-refractivity contribution >= 4 is 51.6 Å². The van der Waals surface area contributed by atoms with Crippen molar-refractivity contribution in [1.82, 2.24) is 10.3 Å². The van der Waals surface area contributed by atoms with E-state index >= 15 is 0 Å². The molecule has 0 bridgehead atoms. The van der Waals surface area contributed by atoms with E-state index in [4.69, 9.17) is 28.2 Å². The summed E-state index contributed by atoms with van der Waals surface area (Å²) in [5.74, 6) is 0.711. The molecule has 0 spiro atoms. The Labute approximate surface area is 196 Å². The molecule has 0 fully saturated rings. The number of anilines is 1. The maximum absolute atomic E-state index is 12.3. The van der Waals surface area contributed by atoms with Crippen LogP contribution in [0, 0.1) is 0 Å². The van der Waals surface area contributed by atoms with Crippen LogP contribution in [0.5, 0.6) is 0 Å². The van der Waals surface area contributed by atoms with Crippen molar-refractivity contribution in [3.63, 3.8) is 0 Å². The highest BCUT2D eigenvalue weighted by atomic mass is 35.5. The molecule has 4 rings (SSSR count). The lowest BCUT2D eigenvalue weighted by Crippen LogP contribution is -2.34. The maximum atomic E-state index is 12.3. The molecule has 0 radical (unpaired) electrons. The summed E-state index contributed by atoms with van der Waals surface area (Å²) in [6, 6.07) is 20.3. The molecular weight excluding hydrogens is 442 g/mol. The fourth-order valence-corrected chi connectivity index (χ4v) is 3.67. The molecule has 5 nitrogen and oxygen atoms in total. The Balaban J connectivity index is 1.43. The molecule has 1 amide bonds. The van der Waals surface area contributed by atoms with Gasteiger partial charge in [0.15, 0.2) is 10.7 Å². The van der Waals surface area contributed by atoms with Gasteiger partial charge in [-0.3, -0.25) is 10.1 Å². The number of nitrogens with zero attached hydrogens (tertiary/aromatic N) is 1. The molecule has 162 valence electrons. The lowest BCUT2D eigenvalue weighted by molar-refractivity contribution is 0.0977. The Kier molecular flexibility index (Phi) is 6.53. The van der Waals surface area contributed by atoms with Gasteiger partial charge in [-0.2, -0.15) is 0 Å². The summed E-state index contributed by atoms with van der Waals surface area (Å²) in [5.41, 5.74) is 4.90. The Morgan fingerprint density at radius 2 is 1.91 bits per heavy atom. The number of fused-ring (bicyclic) bond motifs is 1. The predicted molar refractivity (Wildman–Crippen MR) is 133 cm³/mol. The third-order valence-electron chi connectivity index (χ3n) is 5.30. The summed E-state index contributed by atoms with van der Waals surface area (Å²) in [4.78, 5) is 16.9. The number of thiocarbonyl (C=S) groups is 1. The van der Waals surface area contributed by atoms with Gasteiger partial charge in [-0.1, -0.05) is 37.6 Å². The van der Waals surface area contributed by atoms with Gasteiger partial charge in [0.05, 0.1) is 0 Å². The van der Waals surface area contributed by atoms with Crippen LogP contribution in [-0.4, -0.2) is 16.0 Å². The average Bonchev–Trinajstić information content (AvgIpc) is 3.22. The van der Waals surface area contributed by atoms with Crippen molar-refractivity contribution < 1.29 is 9.21 Å². The second-order valence-electron chi connectivity index (χ2n) is 7.55. The highest BCUT2D eigenvalue weighted by molar-refractivity contribution is 7.80. The van der Waals surface area contributed by atoms with Gasteiger partial charge in [0.25, 0.3) is 5.91 Å². The van der Waals surface area contributed by atoms with E-state index in [9.17, 15) is 4.79 Å². The van der Waals surface area contributed by atoms with E-state index in [1.165, 1.54) is 5.56 Å². The van der Waals surface area contributed by atoms with E-state index in [0.717, 1.165) is 28.8 Å².